The molecule has 0 atom stereocenters. The van der Waals surface area contributed by atoms with E-state index in [4.69, 9.17) is 9.15 Å². The predicted molar refractivity (Wildman–Crippen MR) is 108 cm³/mol. The van der Waals surface area contributed by atoms with Gasteiger partial charge in [-0.15, -0.1) is 0 Å². The van der Waals surface area contributed by atoms with E-state index in [0.717, 1.165) is 42.3 Å². The molecule has 1 fully saturated rings. The van der Waals surface area contributed by atoms with Gasteiger partial charge in [0.25, 0.3) is 0 Å². The predicted octanol–water partition coefficient (Wildman–Crippen LogP) is 5.72. The lowest BCUT2D eigenvalue weighted by molar-refractivity contribution is 0.334. The molecule has 2 aromatic carbocycles. The highest BCUT2D eigenvalue weighted by atomic mass is 16.6. The molecule has 0 aliphatic heterocycles. The van der Waals surface area contributed by atoms with Gasteiger partial charge in [0.1, 0.15) is 11.3 Å². The van der Waals surface area contributed by atoms with Crippen LogP contribution in [0.15, 0.2) is 52.9 Å². The average molecular weight is 364 g/mol. The van der Waals surface area contributed by atoms with Gasteiger partial charge in [-0.05, 0) is 61.7 Å². The second-order valence-corrected chi connectivity index (χ2v) is 7.49. The molecule has 1 aromatic heterocycles. The zero-order chi connectivity index (χ0) is 18.3. The van der Waals surface area contributed by atoms with E-state index in [2.05, 4.69) is 22.4 Å². The Morgan fingerprint density at radius 3 is 2.59 bits per heavy atom. The fourth-order valence-electron chi connectivity index (χ4n) is 3.86. The van der Waals surface area contributed by atoms with Crippen molar-refractivity contribution in [3.63, 3.8) is 0 Å². The molecular formula is C23H28N2O2. The lowest BCUT2D eigenvalue weighted by Crippen LogP contribution is -2.21. The fourth-order valence-corrected chi connectivity index (χ4v) is 3.86. The molecule has 4 nitrogen and oxygen atoms in total. The van der Waals surface area contributed by atoms with Crippen LogP contribution in [0.1, 0.15) is 44.1 Å². The van der Waals surface area contributed by atoms with Crippen LogP contribution in [0.4, 0.5) is 0 Å². The van der Waals surface area contributed by atoms with Crippen LogP contribution in [-0.2, 0) is 6.42 Å². The van der Waals surface area contributed by atoms with Gasteiger partial charge >= 0.3 is 6.08 Å². The summed E-state index contributed by atoms with van der Waals surface area (Å²) in [6.07, 6.45) is 9.83. The van der Waals surface area contributed by atoms with Crippen molar-refractivity contribution < 1.29 is 9.15 Å². The van der Waals surface area contributed by atoms with Gasteiger partial charge in [0.15, 0.2) is 5.58 Å². The highest BCUT2D eigenvalue weighted by molar-refractivity contribution is 5.72. The van der Waals surface area contributed by atoms with Crippen molar-refractivity contribution in [1.29, 1.82) is 0 Å². The van der Waals surface area contributed by atoms with Gasteiger partial charge in [-0.1, -0.05) is 56.4 Å². The summed E-state index contributed by atoms with van der Waals surface area (Å²) in [5.74, 6) is 1.70. The number of aromatic nitrogens is 1. The maximum Gasteiger partial charge on any atom is 0.400 e. The van der Waals surface area contributed by atoms with Gasteiger partial charge in [0, 0.05) is 0 Å². The minimum absolute atomic E-state index is 0.285. The van der Waals surface area contributed by atoms with Gasteiger partial charge in [0.05, 0.1) is 0 Å². The van der Waals surface area contributed by atoms with Crippen LogP contribution in [0.3, 0.4) is 0 Å². The van der Waals surface area contributed by atoms with Crippen molar-refractivity contribution >= 4 is 11.1 Å². The van der Waals surface area contributed by atoms with Crippen LogP contribution in [0.2, 0.25) is 0 Å². The Labute approximate surface area is 160 Å². The molecule has 0 radical (unpaired) electrons. The van der Waals surface area contributed by atoms with Gasteiger partial charge in [0.2, 0.25) is 0 Å². The highest BCUT2D eigenvalue weighted by Crippen LogP contribution is 2.26. The molecule has 0 spiro atoms. The molecule has 0 amide bonds. The van der Waals surface area contributed by atoms with E-state index in [0.29, 0.717) is 0 Å². The van der Waals surface area contributed by atoms with E-state index in [1.165, 1.54) is 44.1 Å². The van der Waals surface area contributed by atoms with Crippen molar-refractivity contribution in [2.24, 2.45) is 5.92 Å². The molecule has 4 rings (SSSR count). The summed E-state index contributed by atoms with van der Waals surface area (Å²) >= 11 is 0. The number of benzene rings is 2. The lowest BCUT2D eigenvalue weighted by Gasteiger charge is -2.21. The fraction of sp³-hybridized carbons (Fsp3) is 0.435. The zero-order valence-electron chi connectivity index (χ0n) is 15.8. The third-order valence-electron chi connectivity index (χ3n) is 5.45. The number of para-hydroxylation sites is 2. The molecule has 4 heteroatoms. The van der Waals surface area contributed by atoms with E-state index in [-0.39, 0.29) is 6.08 Å². The van der Waals surface area contributed by atoms with E-state index < -0.39 is 0 Å². The number of nitrogens with one attached hydrogen (secondary N) is 1. The summed E-state index contributed by atoms with van der Waals surface area (Å²) < 4.78 is 11.3. The number of ether oxygens (including phenoxy) is 1. The topological polar surface area (TPSA) is 47.3 Å². The van der Waals surface area contributed by atoms with Crippen LogP contribution >= 0.6 is 0 Å². The first-order valence-electron chi connectivity index (χ1n) is 10.2. The highest BCUT2D eigenvalue weighted by Gasteiger charge is 2.12. The number of hydrogen-bond donors (Lipinski definition) is 1. The molecular weight excluding hydrogens is 336 g/mol. The van der Waals surface area contributed by atoms with Gasteiger partial charge in [-0.3, -0.25) is 0 Å². The van der Waals surface area contributed by atoms with E-state index in [9.17, 15) is 0 Å². The van der Waals surface area contributed by atoms with Crippen molar-refractivity contribution in [2.75, 3.05) is 13.1 Å². The summed E-state index contributed by atoms with van der Waals surface area (Å²) in [5, 5.41) is 3.59. The van der Waals surface area contributed by atoms with Crippen LogP contribution in [-0.4, -0.2) is 18.1 Å². The lowest BCUT2D eigenvalue weighted by atomic mass is 9.87. The summed E-state index contributed by atoms with van der Waals surface area (Å²) in [5.41, 5.74) is 2.86. The maximum absolute atomic E-state index is 5.74. The maximum atomic E-state index is 5.74. The first-order valence-corrected chi connectivity index (χ1v) is 10.2. The quantitative estimate of drug-likeness (QED) is 0.519. The second-order valence-electron chi connectivity index (χ2n) is 7.49. The summed E-state index contributed by atoms with van der Waals surface area (Å²) in [6, 6.07) is 15.8. The molecule has 0 unspecified atom stereocenters. The Hall–Kier alpha value is -2.33. The molecule has 1 aliphatic carbocycles. The molecule has 1 N–H and O–H groups in total. The Morgan fingerprint density at radius 1 is 0.963 bits per heavy atom. The number of fused-ring (bicyclic) bond motifs is 1. The van der Waals surface area contributed by atoms with Crippen molar-refractivity contribution in [2.45, 2.75) is 44.9 Å². The summed E-state index contributed by atoms with van der Waals surface area (Å²) in [6.45, 7) is 2.17. The van der Waals surface area contributed by atoms with Crippen molar-refractivity contribution in [3.05, 3.63) is 54.1 Å². The molecule has 1 saturated carbocycles. The molecule has 27 heavy (non-hydrogen) atoms. The Morgan fingerprint density at radius 2 is 1.78 bits per heavy atom. The molecule has 3 aromatic rings. The van der Waals surface area contributed by atoms with E-state index in [1.54, 1.807) is 0 Å². The molecule has 0 saturated heterocycles. The Kier molecular flexibility index (Phi) is 6.05. The van der Waals surface area contributed by atoms with E-state index >= 15 is 0 Å². The first-order chi connectivity index (χ1) is 13.4. The molecule has 1 aliphatic rings. The Bertz CT molecular complexity index is 802. The second kappa shape index (κ2) is 9.05. The van der Waals surface area contributed by atoms with Crippen LogP contribution in [0, 0.1) is 5.92 Å². The van der Waals surface area contributed by atoms with Gasteiger partial charge in [-0.25, -0.2) is 0 Å². The monoisotopic (exact) mass is 364 g/mol. The summed E-state index contributed by atoms with van der Waals surface area (Å²) in [4.78, 5) is 4.34. The molecule has 0 bridgehead atoms. The number of hydrogen-bond acceptors (Lipinski definition) is 4. The SMILES string of the molecule is c1ccc2oc(Oc3ccc(CCNCCC4CCCCC4)cc3)nc2c1. The smallest absolute Gasteiger partial charge is 0.400 e. The average Bonchev–Trinajstić information content (AvgIpc) is 3.12. The molecule has 142 valence electrons. The van der Waals surface area contributed by atoms with Crippen LogP contribution in [0.5, 0.6) is 11.8 Å². The zero-order valence-corrected chi connectivity index (χ0v) is 15.8. The number of nitrogens with zero attached hydrogens (tertiary/aromatic N) is 1. The van der Waals surface area contributed by atoms with E-state index in [1.807, 2.05) is 36.4 Å². The molecule has 1 heterocycles. The van der Waals surface area contributed by atoms with Gasteiger partial charge in [-0.2, -0.15) is 4.98 Å². The van der Waals surface area contributed by atoms with Crippen LogP contribution in [0.25, 0.3) is 11.1 Å². The third-order valence-corrected chi connectivity index (χ3v) is 5.45. The third kappa shape index (κ3) is 5.10. The largest absolute Gasteiger partial charge is 0.411 e. The minimum atomic E-state index is 0.285. The van der Waals surface area contributed by atoms with Gasteiger partial charge < -0.3 is 14.5 Å². The van der Waals surface area contributed by atoms with Crippen molar-refractivity contribution in [3.8, 4) is 11.8 Å². The minimum Gasteiger partial charge on any atom is -0.411 e. The normalized spacial score (nSPS) is 15.3. The first kappa shape index (κ1) is 18.1. The standard InChI is InChI=1S/C23H28N2O2/c1-2-6-18(7-3-1)14-16-24-17-15-19-10-12-20(13-11-19)26-23-25-21-8-4-5-9-22(21)27-23/h4-5,8-13,18,24H,1-3,6-7,14-17H2. The number of rotatable bonds is 8. The summed E-state index contributed by atoms with van der Waals surface area (Å²) in [7, 11) is 0. The van der Waals surface area contributed by atoms with Crippen LogP contribution < -0.4 is 10.1 Å². The van der Waals surface area contributed by atoms with Crippen molar-refractivity contribution in [1.82, 2.24) is 10.3 Å². The Balaban J connectivity index is 1.20. The number of oxazole rings is 1.